The number of aromatic nitrogens is 1. The van der Waals surface area contributed by atoms with Crippen molar-refractivity contribution in [1.29, 1.82) is 0 Å². The molecule has 0 radical (unpaired) electrons. The van der Waals surface area contributed by atoms with E-state index in [1.54, 1.807) is 18.2 Å². The van der Waals surface area contributed by atoms with E-state index < -0.39 is 15.8 Å². The molecule has 3 aromatic carbocycles. The van der Waals surface area contributed by atoms with Crippen molar-refractivity contribution >= 4 is 38.5 Å². The first-order valence-electron chi connectivity index (χ1n) is 9.05. The largest absolute Gasteiger partial charge is 0.481 e. The van der Waals surface area contributed by atoms with Gasteiger partial charge in [-0.2, -0.15) is 0 Å². The number of carboxylic acid groups (broad SMARTS) is 1. The maximum absolute atomic E-state index is 12.9. The summed E-state index contributed by atoms with van der Waals surface area (Å²) in [5.74, 6) is -0.488. The number of aryl methyl sites for hydroxylation is 1. The van der Waals surface area contributed by atoms with Gasteiger partial charge in [-0.3, -0.25) is 4.79 Å². The van der Waals surface area contributed by atoms with Gasteiger partial charge < -0.3 is 9.52 Å². The summed E-state index contributed by atoms with van der Waals surface area (Å²) in [7, 11) is -3.72. The number of rotatable bonds is 6. The summed E-state index contributed by atoms with van der Waals surface area (Å²) in [6.45, 7) is 0. The summed E-state index contributed by atoms with van der Waals surface area (Å²) < 4.78 is 31.5. The molecule has 1 aromatic heterocycles. The number of sulfone groups is 1. The van der Waals surface area contributed by atoms with E-state index in [1.165, 1.54) is 36.4 Å². The molecule has 0 saturated heterocycles. The molecule has 0 aliphatic rings. The second kappa shape index (κ2) is 7.93. The van der Waals surface area contributed by atoms with E-state index in [4.69, 9.17) is 21.1 Å². The molecule has 4 aromatic rings. The van der Waals surface area contributed by atoms with E-state index in [1.807, 2.05) is 12.1 Å². The first kappa shape index (κ1) is 20.1. The van der Waals surface area contributed by atoms with Crippen LogP contribution in [-0.4, -0.2) is 24.5 Å². The Morgan fingerprint density at radius 2 is 1.63 bits per heavy atom. The number of carbonyl (C=O) groups is 1. The smallest absolute Gasteiger partial charge is 0.303 e. The number of halogens is 1. The molecule has 0 atom stereocenters. The molecule has 1 N–H and O–H groups in total. The zero-order valence-corrected chi connectivity index (χ0v) is 17.2. The third-order valence-electron chi connectivity index (χ3n) is 4.62. The number of carboxylic acids is 1. The van der Waals surface area contributed by atoms with Gasteiger partial charge in [0.1, 0.15) is 5.52 Å². The van der Waals surface area contributed by atoms with E-state index in [0.717, 1.165) is 5.56 Å². The molecule has 0 amide bonds. The van der Waals surface area contributed by atoms with Crippen LogP contribution in [0.4, 0.5) is 0 Å². The van der Waals surface area contributed by atoms with Gasteiger partial charge in [-0.15, -0.1) is 0 Å². The van der Waals surface area contributed by atoms with Crippen molar-refractivity contribution in [3.63, 3.8) is 0 Å². The average Bonchev–Trinajstić information content (AvgIpc) is 3.16. The van der Waals surface area contributed by atoms with Crippen LogP contribution in [0.25, 0.3) is 22.6 Å². The highest BCUT2D eigenvalue weighted by molar-refractivity contribution is 7.91. The predicted octanol–water partition coefficient (Wildman–Crippen LogP) is 5.00. The highest BCUT2D eigenvalue weighted by atomic mass is 35.5. The van der Waals surface area contributed by atoms with Crippen LogP contribution in [0.5, 0.6) is 0 Å². The van der Waals surface area contributed by atoms with Gasteiger partial charge in [-0.05, 0) is 60.5 Å². The third kappa shape index (κ3) is 4.08. The van der Waals surface area contributed by atoms with Crippen LogP contribution in [-0.2, 0) is 21.1 Å². The Bertz CT molecular complexity index is 1330. The second-order valence-corrected chi connectivity index (χ2v) is 9.08. The summed E-state index contributed by atoms with van der Waals surface area (Å²) in [5, 5.41) is 9.24. The Balaban J connectivity index is 1.64. The Kier molecular flexibility index (Phi) is 5.32. The molecule has 6 nitrogen and oxygen atoms in total. The standard InChI is InChI=1S/C22H16ClNO5S/c23-16-6-8-17(9-7-16)30(27,28)18-10-11-19-20(13-18)29-22(24-19)15-4-1-14(2-5-15)3-12-21(25)26/h1-2,4-11,13H,3,12H2,(H,25,26). The molecule has 1 heterocycles. The third-order valence-corrected chi connectivity index (χ3v) is 6.64. The zero-order chi connectivity index (χ0) is 21.3. The number of oxazole rings is 1. The molecule has 0 bridgehead atoms. The average molecular weight is 442 g/mol. The monoisotopic (exact) mass is 441 g/mol. The molecule has 0 unspecified atom stereocenters. The minimum atomic E-state index is -3.72. The molecular formula is C22H16ClNO5S. The Labute approximate surface area is 177 Å². The normalized spacial score (nSPS) is 11.6. The second-order valence-electron chi connectivity index (χ2n) is 6.70. The fourth-order valence-corrected chi connectivity index (χ4v) is 4.41. The molecule has 30 heavy (non-hydrogen) atoms. The van der Waals surface area contributed by atoms with E-state index in [2.05, 4.69) is 4.98 Å². The number of hydrogen-bond donors (Lipinski definition) is 1. The van der Waals surface area contributed by atoms with Crippen LogP contribution >= 0.6 is 11.6 Å². The molecule has 0 fully saturated rings. The van der Waals surface area contributed by atoms with Crippen LogP contribution < -0.4 is 0 Å². The minimum Gasteiger partial charge on any atom is -0.481 e. The lowest BCUT2D eigenvalue weighted by molar-refractivity contribution is -0.136. The van der Waals surface area contributed by atoms with E-state index in [9.17, 15) is 13.2 Å². The number of fused-ring (bicyclic) bond motifs is 1. The van der Waals surface area contributed by atoms with Crippen LogP contribution in [0.3, 0.4) is 0 Å². The lowest BCUT2D eigenvalue weighted by Gasteiger charge is -2.04. The topological polar surface area (TPSA) is 97.5 Å². The fraction of sp³-hybridized carbons (Fsp3) is 0.0909. The van der Waals surface area contributed by atoms with Gasteiger partial charge in [0, 0.05) is 23.1 Å². The Morgan fingerprint density at radius 3 is 2.30 bits per heavy atom. The van der Waals surface area contributed by atoms with Gasteiger partial charge >= 0.3 is 5.97 Å². The molecular weight excluding hydrogens is 426 g/mol. The van der Waals surface area contributed by atoms with Crippen molar-refractivity contribution in [1.82, 2.24) is 4.98 Å². The molecule has 0 aliphatic carbocycles. The molecule has 152 valence electrons. The molecule has 0 aliphatic heterocycles. The highest BCUT2D eigenvalue weighted by Gasteiger charge is 2.19. The lowest BCUT2D eigenvalue weighted by atomic mass is 10.1. The minimum absolute atomic E-state index is 0.0626. The van der Waals surface area contributed by atoms with Crippen LogP contribution in [0.1, 0.15) is 12.0 Å². The van der Waals surface area contributed by atoms with E-state index in [0.29, 0.717) is 34.0 Å². The quantitative estimate of drug-likeness (QED) is 0.452. The summed E-state index contributed by atoms with van der Waals surface area (Å²) in [4.78, 5) is 15.4. The summed E-state index contributed by atoms with van der Waals surface area (Å²) in [6.07, 6.45) is 0.502. The van der Waals surface area contributed by atoms with Gasteiger partial charge in [-0.25, -0.2) is 13.4 Å². The molecule has 4 rings (SSSR count). The maximum Gasteiger partial charge on any atom is 0.303 e. The first-order valence-corrected chi connectivity index (χ1v) is 10.9. The van der Waals surface area contributed by atoms with Crippen molar-refractivity contribution in [2.45, 2.75) is 22.6 Å². The lowest BCUT2D eigenvalue weighted by Crippen LogP contribution is -2.01. The number of benzene rings is 3. The predicted molar refractivity (Wildman–Crippen MR) is 112 cm³/mol. The number of hydrogen-bond acceptors (Lipinski definition) is 5. The Hall–Kier alpha value is -3.16. The number of aliphatic carboxylic acids is 1. The SMILES string of the molecule is O=C(O)CCc1ccc(-c2nc3ccc(S(=O)(=O)c4ccc(Cl)cc4)cc3o2)cc1. The van der Waals surface area contributed by atoms with Gasteiger partial charge in [-0.1, -0.05) is 23.7 Å². The van der Waals surface area contributed by atoms with Crippen LogP contribution in [0.2, 0.25) is 5.02 Å². The van der Waals surface area contributed by atoms with Crippen molar-refractivity contribution in [3.8, 4) is 11.5 Å². The summed E-state index contributed by atoms with van der Waals surface area (Å²) >= 11 is 5.84. The maximum atomic E-state index is 12.9. The van der Waals surface area contributed by atoms with E-state index >= 15 is 0 Å². The van der Waals surface area contributed by atoms with Crippen molar-refractivity contribution in [2.24, 2.45) is 0 Å². The van der Waals surface area contributed by atoms with Crippen molar-refractivity contribution in [2.75, 3.05) is 0 Å². The van der Waals surface area contributed by atoms with Crippen LogP contribution in [0, 0.1) is 0 Å². The number of nitrogens with zero attached hydrogens (tertiary/aromatic N) is 1. The van der Waals surface area contributed by atoms with Crippen molar-refractivity contribution in [3.05, 3.63) is 77.3 Å². The van der Waals surface area contributed by atoms with E-state index in [-0.39, 0.29) is 16.2 Å². The fourth-order valence-electron chi connectivity index (χ4n) is 3.01. The van der Waals surface area contributed by atoms with Gasteiger partial charge in [0.05, 0.1) is 9.79 Å². The van der Waals surface area contributed by atoms with Crippen molar-refractivity contribution < 1.29 is 22.7 Å². The molecule has 8 heteroatoms. The van der Waals surface area contributed by atoms with Gasteiger partial charge in [0.2, 0.25) is 15.7 Å². The Morgan fingerprint density at radius 1 is 0.967 bits per heavy atom. The molecule has 0 spiro atoms. The first-order chi connectivity index (χ1) is 14.3. The summed E-state index contributed by atoms with van der Waals surface area (Å²) in [6, 6.07) is 17.8. The highest BCUT2D eigenvalue weighted by Crippen LogP contribution is 2.29. The zero-order valence-electron chi connectivity index (χ0n) is 15.6. The van der Waals surface area contributed by atoms with Gasteiger partial charge in [0.15, 0.2) is 5.58 Å². The van der Waals surface area contributed by atoms with Gasteiger partial charge in [0.25, 0.3) is 0 Å². The molecule has 0 saturated carbocycles. The summed E-state index contributed by atoms with van der Waals surface area (Å²) in [5.41, 5.74) is 2.51. The van der Waals surface area contributed by atoms with Crippen LogP contribution in [0.15, 0.2) is 80.9 Å².